The largest absolute Gasteiger partial charge is 0.465 e. The third kappa shape index (κ3) is 2.88. The molecule has 0 saturated carbocycles. The van der Waals surface area contributed by atoms with E-state index in [1.807, 2.05) is 37.5 Å². The van der Waals surface area contributed by atoms with Gasteiger partial charge in [-0.1, -0.05) is 6.07 Å². The molecular formula is C19H19N3O4. The van der Waals surface area contributed by atoms with Crippen molar-refractivity contribution in [3.63, 3.8) is 0 Å². The third-order valence-electron chi connectivity index (χ3n) is 4.44. The number of carbonyl (C=O) groups excluding carboxylic acids is 3. The van der Waals surface area contributed by atoms with E-state index < -0.39 is 11.9 Å². The highest BCUT2D eigenvalue weighted by molar-refractivity contribution is 6.14. The molecule has 7 heteroatoms. The number of urea groups is 1. The molecule has 0 aliphatic carbocycles. The van der Waals surface area contributed by atoms with Crippen LogP contribution in [0.15, 0.2) is 30.0 Å². The number of carbonyl (C=O) groups is 3. The van der Waals surface area contributed by atoms with E-state index in [1.165, 1.54) is 7.11 Å². The van der Waals surface area contributed by atoms with E-state index in [-0.39, 0.29) is 11.7 Å². The summed E-state index contributed by atoms with van der Waals surface area (Å²) in [5, 5.41) is 4.66. The number of hydrogen-bond acceptors (Lipinski definition) is 4. The minimum Gasteiger partial charge on any atom is -0.465 e. The fraction of sp³-hybridized carbons (Fsp3) is 0.211. The van der Waals surface area contributed by atoms with Crippen molar-refractivity contribution >= 4 is 24.0 Å². The van der Waals surface area contributed by atoms with Crippen LogP contribution in [0.3, 0.4) is 0 Å². The number of benzene rings is 1. The van der Waals surface area contributed by atoms with Crippen molar-refractivity contribution in [2.45, 2.75) is 20.8 Å². The van der Waals surface area contributed by atoms with Gasteiger partial charge in [-0.2, -0.15) is 0 Å². The molecule has 2 aromatic rings. The molecule has 1 fully saturated rings. The number of nitrogens with one attached hydrogen (secondary N) is 2. The molecule has 0 unspecified atom stereocenters. The van der Waals surface area contributed by atoms with Crippen molar-refractivity contribution in [1.82, 2.24) is 15.2 Å². The lowest BCUT2D eigenvalue weighted by atomic mass is 10.1. The Kier molecular flexibility index (Phi) is 4.38. The lowest BCUT2D eigenvalue weighted by molar-refractivity contribution is -0.115. The van der Waals surface area contributed by atoms with Gasteiger partial charge in [0, 0.05) is 17.1 Å². The van der Waals surface area contributed by atoms with Crippen LogP contribution in [0, 0.1) is 20.8 Å². The quantitative estimate of drug-likeness (QED) is 0.504. The maximum Gasteiger partial charge on any atom is 0.338 e. The van der Waals surface area contributed by atoms with Gasteiger partial charge in [-0.15, -0.1) is 0 Å². The molecule has 2 N–H and O–H groups in total. The monoisotopic (exact) mass is 353 g/mol. The number of nitrogens with zero attached hydrogens (tertiary/aromatic N) is 1. The highest BCUT2D eigenvalue weighted by atomic mass is 16.5. The van der Waals surface area contributed by atoms with Crippen molar-refractivity contribution in [1.29, 1.82) is 0 Å². The number of aromatic nitrogens is 1. The third-order valence-corrected chi connectivity index (χ3v) is 4.44. The minimum absolute atomic E-state index is 0.204. The van der Waals surface area contributed by atoms with Crippen LogP contribution >= 0.6 is 0 Å². The Morgan fingerprint density at radius 2 is 1.88 bits per heavy atom. The molecule has 0 radical (unpaired) electrons. The average molecular weight is 353 g/mol. The average Bonchev–Trinajstić information content (AvgIpc) is 3.06. The van der Waals surface area contributed by atoms with Gasteiger partial charge in [0.25, 0.3) is 5.91 Å². The maximum atomic E-state index is 12.0. The fourth-order valence-electron chi connectivity index (χ4n) is 3.14. The lowest BCUT2D eigenvalue weighted by Gasteiger charge is -2.15. The molecule has 1 aromatic carbocycles. The zero-order valence-corrected chi connectivity index (χ0v) is 15.0. The van der Waals surface area contributed by atoms with Gasteiger partial charge in [-0.25, -0.2) is 9.59 Å². The summed E-state index contributed by atoms with van der Waals surface area (Å²) in [6.07, 6.45) is 1.64. The Morgan fingerprint density at radius 1 is 1.15 bits per heavy atom. The molecule has 1 aliphatic rings. The van der Waals surface area contributed by atoms with Crippen molar-refractivity contribution in [2.75, 3.05) is 7.11 Å². The fourth-order valence-corrected chi connectivity index (χ4v) is 3.14. The molecule has 1 aromatic heterocycles. The molecule has 3 amide bonds. The molecule has 0 atom stereocenters. The van der Waals surface area contributed by atoms with Crippen molar-refractivity contribution in [2.24, 2.45) is 0 Å². The SMILES string of the molecule is COC(=O)c1cccc(-n2c(C)cc(/C=C3/NC(=O)NC3=O)c2C)c1C. The first-order valence-electron chi connectivity index (χ1n) is 8.04. The molecule has 26 heavy (non-hydrogen) atoms. The molecule has 0 spiro atoms. The summed E-state index contributed by atoms with van der Waals surface area (Å²) in [5.41, 5.74) is 4.98. The molecule has 1 aliphatic heterocycles. The number of rotatable bonds is 3. The standard InChI is InChI=1S/C19H19N3O4/c1-10-8-13(9-15-17(23)21-19(25)20-15)12(3)22(10)16-7-5-6-14(11(16)2)18(24)26-4/h5-9H,1-4H3,(H2,20,21,23,25)/b15-9+. The normalized spacial score (nSPS) is 15.2. The van der Waals surface area contributed by atoms with Crippen LogP contribution in [0.1, 0.15) is 32.9 Å². The second kappa shape index (κ2) is 6.51. The summed E-state index contributed by atoms with van der Waals surface area (Å²) in [4.78, 5) is 35.0. The smallest absolute Gasteiger partial charge is 0.338 e. The Bertz CT molecular complexity index is 969. The number of hydrogen-bond donors (Lipinski definition) is 2. The lowest BCUT2D eigenvalue weighted by Crippen LogP contribution is -2.22. The number of amides is 3. The van der Waals surface area contributed by atoms with E-state index in [2.05, 4.69) is 10.6 Å². The van der Waals surface area contributed by atoms with E-state index in [0.717, 1.165) is 28.2 Å². The summed E-state index contributed by atoms with van der Waals surface area (Å²) in [7, 11) is 1.35. The molecule has 134 valence electrons. The summed E-state index contributed by atoms with van der Waals surface area (Å²) >= 11 is 0. The number of aryl methyl sites for hydroxylation is 1. The predicted octanol–water partition coefficient (Wildman–Crippen LogP) is 2.37. The molecular weight excluding hydrogens is 334 g/mol. The number of esters is 1. The van der Waals surface area contributed by atoms with Crippen LogP contribution in [0.4, 0.5) is 4.79 Å². The maximum absolute atomic E-state index is 12.0. The van der Waals surface area contributed by atoms with E-state index in [1.54, 1.807) is 18.2 Å². The number of ether oxygens (including phenoxy) is 1. The van der Waals surface area contributed by atoms with Crippen LogP contribution in [0.5, 0.6) is 0 Å². The van der Waals surface area contributed by atoms with Crippen LogP contribution in [0.2, 0.25) is 0 Å². The van der Waals surface area contributed by atoms with Gasteiger partial charge in [0.15, 0.2) is 0 Å². The Labute approximate surface area is 150 Å². The first kappa shape index (κ1) is 17.5. The molecule has 7 nitrogen and oxygen atoms in total. The first-order valence-corrected chi connectivity index (χ1v) is 8.04. The highest BCUT2D eigenvalue weighted by Gasteiger charge is 2.24. The van der Waals surface area contributed by atoms with E-state index in [0.29, 0.717) is 5.56 Å². The van der Waals surface area contributed by atoms with Gasteiger partial charge in [0.2, 0.25) is 0 Å². The van der Waals surface area contributed by atoms with Crippen molar-refractivity contribution in [3.8, 4) is 5.69 Å². The molecule has 0 bridgehead atoms. The van der Waals surface area contributed by atoms with Crippen molar-refractivity contribution in [3.05, 3.63) is 58.0 Å². The van der Waals surface area contributed by atoms with E-state index in [9.17, 15) is 14.4 Å². The topological polar surface area (TPSA) is 89.4 Å². The van der Waals surface area contributed by atoms with Crippen LogP contribution < -0.4 is 10.6 Å². The van der Waals surface area contributed by atoms with Gasteiger partial charge in [-0.3, -0.25) is 10.1 Å². The first-order chi connectivity index (χ1) is 12.3. The van der Waals surface area contributed by atoms with Crippen molar-refractivity contribution < 1.29 is 19.1 Å². The second-order valence-corrected chi connectivity index (χ2v) is 6.07. The van der Waals surface area contributed by atoms with Crippen LogP contribution in [-0.4, -0.2) is 29.6 Å². The Balaban J connectivity index is 2.10. The Hall–Kier alpha value is -3.35. The predicted molar refractivity (Wildman–Crippen MR) is 96.0 cm³/mol. The van der Waals surface area contributed by atoms with E-state index >= 15 is 0 Å². The Morgan fingerprint density at radius 3 is 2.50 bits per heavy atom. The van der Waals surface area contributed by atoms with Crippen LogP contribution in [-0.2, 0) is 9.53 Å². The number of imide groups is 1. The molecule has 1 saturated heterocycles. The van der Waals surface area contributed by atoms with Gasteiger partial charge in [0.1, 0.15) is 5.70 Å². The van der Waals surface area contributed by atoms with Gasteiger partial charge < -0.3 is 14.6 Å². The zero-order valence-electron chi connectivity index (χ0n) is 15.0. The zero-order chi connectivity index (χ0) is 19.0. The summed E-state index contributed by atoms with van der Waals surface area (Å²) in [6.45, 7) is 5.72. The minimum atomic E-state index is -0.531. The summed E-state index contributed by atoms with van der Waals surface area (Å²) in [5.74, 6) is -0.844. The molecule has 3 rings (SSSR count). The highest BCUT2D eigenvalue weighted by Crippen LogP contribution is 2.26. The summed E-state index contributed by atoms with van der Waals surface area (Å²) in [6, 6.07) is 6.83. The summed E-state index contributed by atoms with van der Waals surface area (Å²) < 4.78 is 6.84. The van der Waals surface area contributed by atoms with E-state index in [4.69, 9.17) is 4.74 Å². The van der Waals surface area contributed by atoms with Gasteiger partial charge in [0.05, 0.1) is 12.7 Å². The molecule has 2 heterocycles. The second-order valence-electron chi connectivity index (χ2n) is 6.07. The van der Waals surface area contributed by atoms with Gasteiger partial charge >= 0.3 is 12.0 Å². The van der Waals surface area contributed by atoms with Crippen LogP contribution in [0.25, 0.3) is 11.8 Å². The number of methoxy groups -OCH3 is 1. The van der Waals surface area contributed by atoms with Gasteiger partial charge in [-0.05, 0) is 56.2 Å².